The molecule has 21 nitrogen and oxygen atoms in total. The molecule has 0 spiro atoms. The summed E-state index contributed by atoms with van der Waals surface area (Å²) in [4.78, 5) is 137. The summed E-state index contributed by atoms with van der Waals surface area (Å²) in [7, 11) is 4.19. The maximum absolute atomic E-state index is 12.8. The average Bonchev–Trinajstić information content (AvgIpc) is 3.86. The van der Waals surface area contributed by atoms with Gasteiger partial charge in [0.05, 0.1) is 22.0 Å². The first-order chi connectivity index (χ1) is 36.1. The van der Waals surface area contributed by atoms with Gasteiger partial charge in [0.25, 0.3) is 23.3 Å². The molecule has 7 aliphatic heterocycles. The van der Waals surface area contributed by atoms with E-state index >= 15 is 0 Å². The van der Waals surface area contributed by atoms with Crippen LogP contribution < -0.4 is 31.3 Å². The molecule has 75 heavy (non-hydrogen) atoms. The van der Waals surface area contributed by atoms with Crippen LogP contribution in [0.3, 0.4) is 0 Å². The van der Waals surface area contributed by atoms with Crippen LogP contribution in [0.2, 0.25) is 0 Å². The first-order valence-electron chi connectivity index (χ1n) is 25.9. The zero-order valence-electron chi connectivity index (χ0n) is 43.8. The number of imide groups is 4. The van der Waals surface area contributed by atoms with E-state index in [9.17, 15) is 47.9 Å². The van der Waals surface area contributed by atoms with Crippen molar-refractivity contribution < 1.29 is 43.2 Å². The van der Waals surface area contributed by atoms with Gasteiger partial charge in [-0.15, -0.1) is 0 Å². The lowest BCUT2D eigenvalue weighted by Crippen LogP contribution is -2.54. The Morgan fingerprint density at radius 1 is 0.507 bits per heavy atom. The second-order valence-electron chi connectivity index (χ2n) is 18.8. The summed E-state index contributed by atoms with van der Waals surface area (Å²) in [5, 5.41) is 7.28. The number of piperazine rings is 2. The van der Waals surface area contributed by atoms with Crippen molar-refractivity contribution in [2.75, 3.05) is 76.3 Å². The minimum atomic E-state index is -0.924. The number of hydrogen-bond donors (Lipinski definition) is 3. The zero-order valence-corrected chi connectivity index (χ0v) is 43.8. The number of rotatable bonds is 5. The minimum absolute atomic E-state index is 0.116. The number of amides is 9. The minimum Gasteiger partial charge on any atom is -0.369 e. The summed E-state index contributed by atoms with van der Waals surface area (Å²) < 4.78 is 1.38. The van der Waals surface area contributed by atoms with Gasteiger partial charge in [0.2, 0.25) is 35.4 Å². The molecule has 11 rings (SSSR count). The Bertz CT molecular complexity index is 2960. The number of carbonyl (C=O) groups is 9. The fraction of sp³-hybridized carbons (Fsp3) is 0.463. The zero-order chi connectivity index (χ0) is 54.2. The van der Waals surface area contributed by atoms with Gasteiger partial charge in [0.15, 0.2) is 0 Å². The smallest absolute Gasteiger partial charge is 0.262 e. The molecule has 9 amide bonds. The van der Waals surface area contributed by atoms with E-state index in [1.54, 1.807) is 42.2 Å². The highest BCUT2D eigenvalue weighted by atomic mass is 16.2. The summed E-state index contributed by atoms with van der Waals surface area (Å²) in [6.07, 6.45) is 1.52. The van der Waals surface area contributed by atoms with Crippen molar-refractivity contribution in [3.63, 3.8) is 0 Å². The van der Waals surface area contributed by atoms with Crippen molar-refractivity contribution in [3.8, 4) is 0 Å². The van der Waals surface area contributed by atoms with Crippen LogP contribution in [0, 0.1) is 6.92 Å². The fourth-order valence-electron chi connectivity index (χ4n) is 10.1. The monoisotopic (exact) mass is 1030 g/mol. The van der Waals surface area contributed by atoms with Gasteiger partial charge in [-0.1, -0.05) is 39.8 Å². The van der Waals surface area contributed by atoms with Gasteiger partial charge in [-0.2, -0.15) is 0 Å². The fourth-order valence-corrected chi connectivity index (χ4v) is 10.1. The van der Waals surface area contributed by atoms with Crippen molar-refractivity contribution in [2.24, 2.45) is 0 Å². The summed E-state index contributed by atoms with van der Waals surface area (Å²) in [6.45, 7) is 17.7. The normalized spacial score (nSPS) is 21.8. The molecule has 3 unspecified atom stereocenters. The number of aromatic nitrogens is 2. The molecule has 21 heteroatoms. The number of benzene rings is 3. The maximum atomic E-state index is 12.8. The molecule has 4 aromatic rings. The van der Waals surface area contributed by atoms with E-state index in [2.05, 4.69) is 60.7 Å². The summed E-state index contributed by atoms with van der Waals surface area (Å²) in [6, 6.07) is 16.1. The van der Waals surface area contributed by atoms with E-state index in [0.29, 0.717) is 52.8 Å². The molecular formula is C54H67N11O10. The number of aryl methyl sites for hydroxylation is 1. The predicted octanol–water partition coefficient (Wildman–Crippen LogP) is 2.77. The van der Waals surface area contributed by atoms with Gasteiger partial charge in [-0.05, 0) is 94.4 Å². The van der Waals surface area contributed by atoms with Gasteiger partial charge in [0.1, 0.15) is 23.9 Å². The molecule has 3 N–H and O–H groups in total. The molecule has 398 valence electrons. The first-order valence-corrected chi connectivity index (χ1v) is 25.9. The number of hydrogen-bond acceptors (Lipinski definition) is 15. The molecule has 0 saturated carbocycles. The van der Waals surface area contributed by atoms with Gasteiger partial charge < -0.3 is 24.5 Å². The van der Waals surface area contributed by atoms with E-state index in [1.165, 1.54) is 4.57 Å². The number of carbonyl (C=O) groups excluding carboxylic acids is 9. The topological polar surface area (TPSA) is 244 Å². The van der Waals surface area contributed by atoms with E-state index in [1.807, 2.05) is 52.0 Å². The van der Waals surface area contributed by atoms with Crippen LogP contribution >= 0.6 is 0 Å². The van der Waals surface area contributed by atoms with Crippen molar-refractivity contribution in [1.82, 2.24) is 45.1 Å². The Kier molecular flexibility index (Phi) is 17.7. The molecule has 0 bridgehead atoms. The molecule has 8 heterocycles. The Hall–Kier alpha value is -7.65. The molecule has 3 aromatic carbocycles. The average molecular weight is 1030 g/mol. The van der Waals surface area contributed by atoms with Crippen LogP contribution in [-0.4, -0.2) is 161 Å². The third-order valence-electron chi connectivity index (χ3n) is 14.2. The Balaban J connectivity index is 0.000000160. The second-order valence-corrected chi connectivity index (χ2v) is 18.8. The van der Waals surface area contributed by atoms with Crippen LogP contribution in [0.5, 0.6) is 0 Å². The third-order valence-corrected chi connectivity index (χ3v) is 14.2. The highest BCUT2D eigenvalue weighted by Gasteiger charge is 2.45. The molecule has 5 saturated heterocycles. The number of anilines is 2. The second kappa shape index (κ2) is 24.1. The highest BCUT2D eigenvalue weighted by molar-refractivity contribution is 6.23. The van der Waals surface area contributed by atoms with Gasteiger partial charge in [0, 0.05) is 95.1 Å². The lowest BCUT2D eigenvalue weighted by atomic mass is 10.0. The van der Waals surface area contributed by atoms with E-state index in [4.69, 9.17) is 0 Å². The summed E-state index contributed by atoms with van der Waals surface area (Å²) in [5.41, 5.74) is 4.68. The first kappa shape index (κ1) is 55.1. The molecule has 1 aromatic heterocycles. The van der Waals surface area contributed by atoms with Crippen molar-refractivity contribution >= 4 is 75.4 Å². The quantitative estimate of drug-likeness (QED) is 0.244. The maximum Gasteiger partial charge on any atom is 0.262 e. The standard InChI is InChI=1S/C18H20N4O4.C18H22N4O3.C14H13N3O3.2C2H6/c1-20-6-8-21(9-7-20)11-2-3-12-13(10-11)18(26)22(17(12)25)14-4-5-15(23)19-16(14)24;1-20-6-8-21(9-7-20)13-2-3-14-12(10-13)11-22(18(14)25)15-4-5-16(23)19-17(15)24;1-8-15-10-5-3-2-4-9(10)14(20)17(8)11-6-7-12(18)16-13(11)19;2*1-2/h2-3,10,14H,4-9H2,1H3,(H,19,23,24);2-3,10,15H,4-9,11H2,1H3,(H,19,23,24);2-5,11H,6-7H2,1H3,(H,16,18,19);2*1-2H3. The summed E-state index contributed by atoms with van der Waals surface area (Å²) in [5.74, 6) is -2.90. The molecule has 0 radical (unpaired) electrons. The van der Waals surface area contributed by atoms with E-state index in [-0.39, 0.29) is 60.8 Å². The van der Waals surface area contributed by atoms with Crippen LogP contribution in [0.25, 0.3) is 10.9 Å². The lowest BCUT2D eigenvalue weighted by Gasteiger charge is -2.34. The number of nitrogens with zero attached hydrogens (tertiary/aromatic N) is 8. The number of fused-ring (bicyclic) bond motifs is 3. The number of piperidine rings is 3. The summed E-state index contributed by atoms with van der Waals surface area (Å²) >= 11 is 0. The van der Waals surface area contributed by atoms with Crippen molar-refractivity contribution in [3.05, 3.63) is 99.1 Å². The largest absolute Gasteiger partial charge is 0.369 e. The van der Waals surface area contributed by atoms with Crippen molar-refractivity contribution in [1.29, 1.82) is 0 Å². The number of nitrogens with one attached hydrogen (secondary N) is 3. The van der Waals surface area contributed by atoms with E-state index < -0.39 is 41.8 Å². The van der Waals surface area contributed by atoms with Crippen LogP contribution in [0.15, 0.2) is 65.5 Å². The van der Waals surface area contributed by atoms with Crippen molar-refractivity contribution in [2.45, 2.75) is 97.8 Å². The van der Waals surface area contributed by atoms with Crippen LogP contribution in [0.4, 0.5) is 11.4 Å². The lowest BCUT2D eigenvalue weighted by molar-refractivity contribution is -0.138. The Labute approximate surface area is 435 Å². The number of likely N-dealkylation sites (N-methyl/N-ethyl adjacent to an activating group) is 2. The van der Waals surface area contributed by atoms with Crippen LogP contribution in [0.1, 0.15) is 115 Å². The molecule has 0 aliphatic carbocycles. The van der Waals surface area contributed by atoms with E-state index in [0.717, 1.165) is 74.2 Å². The highest BCUT2D eigenvalue weighted by Crippen LogP contribution is 2.33. The molecule has 7 aliphatic rings. The Morgan fingerprint density at radius 3 is 1.51 bits per heavy atom. The van der Waals surface area contributed by atoms with Gasteiger partial charge in [-0.25, -0.2) is 4.98 Å². The Morgan fingerprint density at radius 2 is 0.973 bits per heavy atom. The van der Waals surface area contributed by atoms with Gasteiger partial charge in [-0.3, -0.25) is 73.4 Å². The molecule has 5 fully saturated rings. The predicted molar refractivity (Wildman–Crippen MR) is 280 cm³/mol. The SMILES string of the molecule is CC.CC.CN1CCN(c2ccc3c(c2)C(=O)N(C2CCC(=O)NC2=O)C3=O)CC1.CN1CCN(c2ccc3c(c2)CN(C2CCC(=O)NC2=O)C3=O)CC1.Cc1nc2ccccc2c(=O)n1C1CCC(=O)NC1=O. The molecule has 3 atom stereocenters. The number of para-hydroxylation sites is 1. The third kappa shape index (κ3) is 11.8. The molecular weight excluding hydrogens is 963 g/mol. The van der Waals surface area contributed by atoms with Gasteiger partial charge >= 0.3 is 0 Å². The van der Waals surface area contributed by atoms with Crippen LogP contribution in [-0.2, 0) is 35.3 Å².